The molecule has 0 aliphatic heterocycles. The largest absolute Gasteiger partial charge is 0.360 e. The van der Waals surface area contributed by atoms with Gasteiger partial charge in [0.1, 0.15) is 0 Å². The van der Waals surface area contributed by atoms with E-state index in [-0.39, 0.29) is 16.5 Å². The highest BCUT2D eigenvalue weighted by Crippen LogP contribution is 2.62. The third-order valence-electron chi connectivity index (χ3n) is 5.80. The third-order valence-corrected chi connectivity index (χ3v) is 5.80. The molecule has 130 valence electrons. The summed E-state index contributed by atoms with van der Waals surface area (Å²) in [4.78, 5) is 2.71. The van der Waals surface area contributed by atoms with Gasteiger partial charge in [-0.25, -0.2) is 0 Å². The lowest BCUT2D eigenvalue weighted by Gasteiger charge is -2.49. The third kappa shape index (κ3) is 3.57. The van der Waals surface area contributed by atoms with Crippen molar-refractivity contribution in [3.8, 4) is 0 Å². The molecule has 1 saturated carbocycles. The predicted molar refractivity (Wildman–Crippen MR) is 102 cm³/mol. The summed E-state index contributed by atoms with van der Waals surface area (Å²) in [6, 6.07) is 11.0. The molecule has 1 aromatic rings. The van der Waals surface area contributed by atoms with E-state index in [1.165, 1.54) is 12.1 Å². The van der Waals surface area contributed by atoms with E-state index >= 15 is 0 Å². The van der Waals surface area contributed by atoms with Gasteiger partial charge in [0.15, 0.2) is 0 Å². The lowest BCUT2D eigenvalue weighted by molar-refractivity contribution is 0.226. The molecule has 2 heteroatoms. The van der Waals surface area contributed by atoms with Gasteiger partial charge in [-0.1, -0.05) is 45.9 Å². The van der Waals surface area contributed by atoms with Crippen molar-refractivity contribution >= 4 is 5.69 Å². The fourth-order valence-electron chi connectivity index (χ4n) is 4.87. The molecule has 0 heterocycles. The van der Waals surface area contributed by atoms with E-state index in [4.69, 9.17) is 0 Å². The molecule has 23 heavy (non-hydrogen) atoms. The van der Waals surface area contributed by atoms with E-state index in [1.807, 2.05) is 0 Å². The van der Waals surface area contributed by atoms with E-state index in [9.17, 15) is 0 Å². The second kappa shape index (κ2) is 5.81. The molecule has 1 unspecified atom stereocenters. The van der Waals surface area contributed by atoms with Crippen LogP contribution in [0.15, 0.2) is 30.3 Å². The Bertz CT molecular complexity index is 530. The summed E-state index contributed by atoms with van der Waals surface area (Å²) in [5.41, 5.74) is 2.32. The van der Waals surface area contributed by atoms with Crippen LogP contribution in [0.25, 0.3) is 0 Å². The number of hydrogen-bond acceptors (Lipinski definition) is 2. The zero-order chi connectivity index (χ0) is 17.5. The SMILES string of the molecule is CNCC(C)(C)CC(C)(C)N(c1ccccc1)C1(C)CC1(C)C. The van der Waals surface area contributed by atoms with Crippen molar-refractivity contribution in [2.24, 2.45) is 10.8 Å². The molecule has 1 fully saturated rings. The second-order valence-electron chi connectivity index (χ2n) is 9.69. The minimum absolute atomic E-state index is 0.101. The highest BCUT2D eigenvalue weighted by Gasteiger charge is 2.63. The predicted octanol–water partition coefficient (Wildman–Crippen LogP) is 5.10. The number of hydrogen-bond donors (Lipinski definition) is 1. The minimum Gasteiger partial charge on any atom is -0.360 e. The summed E-state index contributed by atoms with van der Waals surface area (Å²) >= 11 is 0. The van der Waals surface area contributed by atoms with E-state index in [2.05, 4.69) is 96.1 Å². The molecule has 0 amide bonds. The van der Waals surface area contributed by atoms with Crippen LogP contribution in [0.5, 0.6) is 0 Å². The van der Waals surface area contributed by atoms with Gasteiger partial charge < -0.3 is 10.2 Å². The fraction of sp³-hybridized carbons (Fsp3) is 0.714. The van der Waals surface area contributed by atoms with Crippen molar-refractivity contribution in [3.63, 3.8) is 0 Å². The number of benzene rings is 1. The molecule has 0 saturated heterocycles. The first-order valence-corrected chi connectivity index (χ1v) is 8.95. The molecule has 0 radical (unpaired) electrons. The molecule has 0 spiro atoms. The molecule has 1 atom stereocenters. The number of rotatable bonds is 7. The van der Waals surface area contributed by atoms with Crippen molar-refractivity contribution in [2.45, 2.75) is 72.4 Å². The van der Waals surface area contributed by atoms with E-state index < -0.39 is 0 Å². The Kier molecular flexibility index (Phi) is 4.62. The Morgan fingerprint density at radius 2 is 1.57 bits per heavy atom. The summed E-state index contributed by atoms with van der Waals surface area (Å²) < 4.78 is 0. The van der Waals surface area contributed by atoms with Gasteiger partial charge in [0, 0.05) is 23.3 Å². The maximum absolute atomic E-state index is 3.36. The summed E-state index contributed by atoms with van der Waals surface area (Å²) in [6.45, 7) is 17.8. The van der Waals surface area contributed by atoms with E-state index in [0.29, 0.717) is 5.41 Å². The Labute approximate surface area is 143 Å². The lowest BCUT2D eigenvalue weighted by atomic mass is 9.77. The quantitative estimate of drug-likeness (QED) is 0.753. The standard InChI is InChI=1S/C21H36N2/c1-18(2,16-22-8)14-20(5,6)23(17-12-10-9-11-13-17)21(7)15-19(21,3)4/h9-13,22H,14-16H2,1-8H3. The summed E-state index contributed by atoms with van der Waals surface area (Å²) in [5, 5.41) is 3.36. The first-order chi connectivity index (χ1) is 10.5. The van der Waals surface area contributed by atoms with Crippen LogP contribution in [0.1, 0.15) is 61.3 Å². The number of nitrogens with zero attached hydrogens (tertiary/aromatic N) is 1. The first kappa shape index (κ1) is 18.3. The number of para-hydroxylation sites is 1. The van der Waals surface area contributed by atoms with Crippen LogP contribution in [0.4, 0.5) is 5.69 Å². The van der Waals surface area contributed by atoms with Crippen LogP contribution in [0.3, 0.4) is 0 Å². The van der Waals surface area contributed by atoms with Crippen LogP contribution in [-0.4, -0.2) is 24.7 Å². The maximum Gasteiger partial charge on any atom is 0.0437 e. The second-order valence-corrected chi connectivity index (χ2v) is 9.69. The van der Waals surface area contributed by atoms with Crippen LogP contribution in [-0.2, 0) is 0 Å². The number of anilines is 1. The summed E-state index contributed by atoms with van der Waals surface area (Å²) in [5.74, 6) is 0. The maximum atomic E-state index is 3.36. The van der Waals surface area contributed by atoms with Crippen molar-refractivity contribution in [1.82, 2.24) is 5.32 Å². The van der Waals surface area contributed by atoms with Gasteiger partial charge in [-0.05, 0) is 63.6 Å². The molecule has 1 aromatic carbocycles. The minimum atomic E-state index is 0.101. The number of nitrogens with one attached hydrogen (secondary N) is 1. The van der Waals surface area contributed by atoms with Crippen LogP contribution in [0, 0.1) is 10.8 Å². The highest BCUT2D eigenvalue weighted by atomic mass is 15.3. The van der Waals surface area contributed by atoms with Gasteiger partial charge in [0.05, 0.1) is 0 Å². The average molecular weight is 317 g/mol. The zero-order valence-electron chi connectivity index (χ0n) is 16.5. The fourth-order valence-corrected chi connectivity index (χ4v) is 4.87. The van der Waals surface area contributed by atoms with Crippen LogP contribution in [0.2, 0.25) is 0 Å². The molecule has 1 aliphatic rings. The van der Waals surface area contributed by atoms with Crippen molar-refractivity contribution in [2.75, 3.05) is 18.5 Å². The van der Waals surface area contributed by atoms with Crippen molar-refractivity contribution < 1.29 is 0 Å². The first-order valence-electron chi connectivity index (χ1n) is 8.95. The van der Waals surface area contributed by atoms with Gasteiger partial charge in [-0.15, -0.1) is 0 Å². The Morgan fingerprint density at radius 3 is 2.00 bits per heavy atom. The van der Waals surface area contributed by atoms with E-state index in [1.54, 1.807) is 0 Å². The van der Waals surface area contributed by atoms with Crippen molar-refractivity contribution in [3.05, 3.63) is 30.3 Å². The average Bonchev–Trinajstić information content (AvgIpc) is 2.87. The molecular weight excluding hydrogens is 280 g/mol. The molecule has 2 nitrogen and oxygen atoms in total. The lowest BCUT2D eigenvalue weighted by Crippen LogP contribution is -2.55. The monoisotopic (exact) mass is 316 g/mol. The van der Waals surface area contributed by atoms with Crippen LogP contribution >= 0.6 is 0 Å². The molecule has 0 aromatic heterocycles. The topological polar surface area (TPSA) is 15.3 Å². The molecule has 1 N–H and O–H groups in total. The van der Waals surface area contributed by atoms with Gasteiger partial charge in [-0.2, -0.15) is 0 Å². The zero-order valence-corrected chi connectivity index (χ0v) is 16.5. The molecule has 0 bridgehead atoms. The van der Waals surface area contributed by atoms with Gasteiger partial charge >= 0.3 is 0 Å². The Balaban J connectivity index is 2.38. The molecular formula is C21H36N2. The van der Waals surface area contributed by atoms with Crippen LogP contribution < -0.4 is 10.2 Å². The normalized spacial score (nSPS) is 23.7. The molecule has 2 rings (SSSR count). The molecule has 1 aliphatic carbocycles. The highest BCUT2D eigenvalue weighted by molar-refractivity contribution is 5.55. The van der Waals surface area contributed by atoms with Gasteiger partial charge in [0.25, 0.3) is 0 Å². The Morgan fingerprint density at radius 1 is 1.04 bits per heavy atom. The van der Waals surface area contributed by atoms with Crippen molar-refractivity contribution in [1.29, 1.82) is 0 Å². The Hall–Kier alpha value is -1.02. The van der Waals surface area contributed by atoms with E-state index in [0.717, 1.165) is 13.0 Å². The van der Waals surface area contributed by atoms with Gasteiger partial charge in [-0.3, -0.25) is 0 Å². The summed E-state index contributed by atoms with van der Waals surface area (Å²) in [7, 11) is 2.05. The van der Waals surface area contributed by atoms with Gasteiger partial charge in [0.2, 0.25) is 0 Å². The summed E-state index contributed by atoms with van der Waals surface area (Å²) in [6.07, 6.45) is 2.41. The smallest absolute Gasteiger partial charge is 0.0437 e.